The molecule has 5 nitrogen and oxygen atoms in total. The van der Waals surface area contributed by atoms with Gasteiger partial charge < -0.3 is 15.5 Å². The lowest BCUT2D eigenvalue weighted by Crippen LogP contribution is -2.46. The Kier molecular flexibility index (Phi) is 7.29. The Hall–Kier alpha value is -0.650. The summed E-state index contributed by atoms with van der Waals surface area (Å²) in [7, 11) is 0. The predicted molar refractivity (Wildman–Crippen MR) is 63.1 cm³/mol. The Morgan fingerprint density at radius 3 is 2.25 bits per heavy atom. The fraction of sp³-hybridized carbons (Fsp3) is 0.909. The van der Waals surface area contributed by atoms with Crippen LogP contribution in [0.3, 0.4) is 0 Å². The zero-order valence-electron chi connectivity index (χ0n) is 10.5. The van der Waals surface area contributed by atoms with E-state index >= 15 is 0 Å². The number of amides is 1. The van der Waals surface area contributed by atoms with Crippen LogP contribution in [0.15, 0.2) is 0 Å². The van der Waals surface area contributed by atoms with E-state index in [1.165, 1.54) is 0 Å². The number of rotatable bonds is 7. The molecule has 16 heavy (non-hydrogen) atoms. The molecule has 0 aromatic rings. The number of nitrogens with one attached hydrogen (secondary N) is 1. The highest BCUT2D eigenvalue weighted by atomic mass is 16.3. The molecule has 0 saturated carbocycles. The third-order valence-corrected chi connectivity index (χ3v) is 1.93. The Morgan fingerprint density at radius 2 is 1.81 bits per heavy atom. The van der Waals surface area contributed by atoms with Crippen LogP contribution in [0.2, 0.25) is 0 Å². The van der Waals surface area contributed by atoms with Gasteiger partial charge in [-0.2, -0.15) is 0 Å². The SMILES string of the molecule is CC(C)(C)NC(=O)CN(CCO)CCCO. The van der Waals surface area contributed by atoms with Crippen molar-refractivity contribution in [2.45, 2.75) is 32.7 Å². The summed E-state index contributed by atoms with van der Waals surface area (Å²) in [6.07, 6.45) is 0.614. The summed E-state index contributed by atoms with van der Waals surface area (Å²) in [4.78, 5) is 13.4. The summed E-state index contributed by atoms with van der Waals surface area (Å²) in [5.41, 5.74) is -0.237. The third-order valence-electron chi connectivity index (χ3n) is 1.93. The fourth-order valence-corrected chi connectivity index (χ4v) is 1.37. The molecule has 1 amide bonds. The summed E-state index contributed by atoms with van der Waals surface area (Å²) in [5.74, 6) is -0.0566. The van der Waals surface area contributed by atoms with Gasteiger partial charge in [0.05, 0.1) is 13.2 Å². The molecule has 0 heterocycles. The van der Waals surface area contributed by atoms with Gasteiger partial charge in [-0.3, -0.25) is 9.69 Å². The van der Waals surface area contributed by atoms with Crippen LogP contribution in [0.25, 0.3) is 0 Å². The quantitative estimate of drug-likeness (QED) is 0.557. The highest BCUT2D eigenvalue weighted by Crippen LogP contribution is 1.99. The number of aliphatic hydroxyl groups is 2. The van der Waals surface area contributed by atoms with Crippen LogP contribution in [0.4, 0.5) is 0 Å². The smallest absolute Gasteiger partial charge is 0.234 e. The number of nitrogens with zero attached hydrogens (tertiary/aromatic N) is 1. The first-order valence-corrected chi connectivity index (χ1v) is 5.64. The van der Waals surface area contributed by atoms with Gasteiger partial charge in [-0.1, -0.05) is 0 Å². The molecule has 0 aliphatic rings. The summed E-state index contributed by atoms with van der Waals surface area (Å²) in [6.45, 7) is 7.24. The second-order valence-electron chi connectivity index (χ2n) is 4.88. The van der Waals surface area contributed by atoms with E-state index in [-0.39, 0.29) is 31.2 Å². The van der Waals surface area contributed by atoms with Crippen LogP contribution >= 0.6 is 0 Å². The molecular weight excluding hydrogens is 208 g/mol. The molecule has 0 fully saturated rings. The molecule has 0 atom stereocenters. The van der Waals surface area contributed by atoms with Gasteiger partial charge in [0.15, 0.2) is 0 Å². The van der Waals surface area contributed by atoms with E-state index in [1.54, 1.807) is 0 Å². The summed E-state index contributed by atoms with van der Waals surface area (Å²) in [6, 6.07) is 0. The van der Waals surface area contributed by atoms with E-state index in [2.05, 4.69) is 5.32 Å². The molecule has 96 valence electrons. The van der Waals surface area contributed by atoms with Crippen molar-refractivity contribution in [3.63, 3.8) is 0 Å². The van der Waals surface area contributed by atoms with Gasteiger partial charge >= 0.3 is 0 Å². The van der Waals surface area contributed by atoms with E-state index in [0.29, 0.717) is 19.5 Å². The number of hydrogen-bond donors (Lipinski definition) is 3. The molecule has 0 bridgehead atoms. The molecule has 5 heteroatoms. The monoisotopic (exact) mass is 232 g/mol. The maximum atomic E-state index is 11.6. The van der Waals surface area contributed by atoms with Gasteiger partial charge in [-0.05, 0) is 27.2 Å². The average Bonchev–Trinajstić information content (AvgIpc) is 2.11. The van der Waals surface area contributed by atoms with Crippen molar-refractivity contribution in [1.82, 2.24) is 10.2 Å². The van der Waals surface area contributed by atoms with Crippen molar-refractivity contribution < 1.29 is 15.0 Å². The highest BCUT2D eigenvalue weighted by molar-refractivity contribution is 5.78. The average molecular weight is 232 g/mol. The molecule has 0 aliphatic carbocycles. The second-order valence-corrected chi connectivity index (χ2v) is 4.88. The van der Waals surface area contributed by atoms with Crippen molar-refractivity contribution in [3.8, 4) is 0 Å². The lowest BCUT2D eigenvalue weighted by Gasteiger charge is -2.25. The largest absolute Gasteiger partial charge is 0.396 e. The zero-order valence-corrected chi connectivity index (χ0v) is 10.5. The first-order valence-electron chi connectivity index (χ1n) is 5.64. The van der Waals surface area contributed by atoms with Crippen molar-refractivity contribution in [2.24, 2.45) is 0 Å². The minimum atomic E-state index is -0.237. The molecule has 0 unspecified atom stereocenters. The van der Waals surface area contributed by atoms with Gasteiger partial charge in [0.25, 0.3) is 0 Å². The first-order chi connectivity index (χ1) is 7.39. The molecule has 0 saturated heterocycles. The number of aliphatic hydroxyl groups excluding tert-OH is 2. The van der Waals surface area contributed by atoms with Gasteiger partial charge in [-0.25, -0.2) is 0 Å². The Bertz CT molecular complexity index is 202. The number of hydrogen-bond acceptors (Lipinski definition) is 4. The van der Waals surface area contributed by atoms with E-state index in [0.717, 1.165) is 0 Å². The first kappa shape index (κ1) is 15.3. The number of carbonyl (C=O) groups excluding carboxylic acids is 1. The van der Waals surface area contributed by atoms with Crippen LogP contribution in [0, 0.1) is 0 Å². The Morgan fingerprint density at radius 1 is 1.19 bits per heavy atom. The molecule has 0 aromatic carbocycles. The second kappa shape index (κ2) is 7.60. The Labute approximate surface area is 97.4 Å². The summed E-state index contributed by atoms with van der Waals surface area (Å²) >= 11 is 0. The number of carbonyl (C=O) groups is 1. The van der Waals surface area contributed by atoms with Crippen molar-refractivity contribution >= 4 is 5.91 Å². The van der Waals surface area contributed by atoms with Crippen LogP contribution in [0.1, 0.15) is 27.2 Å². The molecule has 0 rings (SSSR count). The minimum Gasteiger partial charge on any atom is -0.396 e. The van der Waals surface area contributed by atoms with Crippen molar-refractivity contribution in [1.29, 1.82) is 0 Å². The summed E-state index contributed by atoms with van der Waals surface area (Å²) in [5, 5.41) is 20.4. The lowest BCUT2D eigenvalue weighted by molar-refractivity contribution is -0.123. The summed E-state index contributed by atoms with van der Waals surface area (Å²) < 4.78 is 0. The van der Waals surface area contributed by atoms with Crippen LogP contribution in [-0.4, -0.2) is 59.4 Å². The molecule has 0 radical (unpaired) electrons. The van der Waals surface area contributed by atoms with Crippen molar-refractivity contribution in [2.75, 3.05) is 32.8 Å². The van der Waals surface area contributed by atoms with E-state index < -0.39 is 0 Å². The molecule has 0 aliphatic heterocycles. The van der Waals surface area contributed by atoms with E-state index in [9.17, 15) is 4.79 Å². The highest BCUT2D eigenvalue weighted by Gasteiger charge is 2.16. The molecule has 0 aromatic heterocycles. The van der Waals surface area contributed by atoms with Gasteiger partial charge in [0.1, 0.15) is 0 Å². The molecule has 0 spiro atoms. The van der Waals surface area contributed by atoms with Gasteiger partial charge in [-0.15, -0.1) is 0 Å². The molecular formula is C11H24N2O3. The maximum Gasteiger partial charge on any atom is 0.234 e. The Balaban J connectivity index is 4.02. The van der Waals surface area contributed by atoms with E-state index in [1.807, 2.05) is 25.7 Å². The van der Waals surface area contributed by atoms with Gasteiger partial charge in [0, 0.05) is 25.2 Å². The maximum absolute atomic E-state index is 11.6. The fourth-order valence-electron chi connectivity index (χ4n) is 1.37. The molecule has 3 N–H and O–H groups in total. The van der Waals surface area contributed by atoms with Crippen LogP contribution < -0.4 is 5.32 Å². The van der Waals surface area contributed by atoms with Crippen LogP contribution in [0.5, 0.6) is 0 Å². The minimum absolute atomic E-state index is 0.0221. The van der Waals surface area contributed by atoms with E-state index in [4.69, 9.17) is 10.2 Å². The van der Waals surface area contributed by atoms with Crippen LogP contribution in [-0.2, 0) is 4.79 Å². The predicted octanol–water partition coefficient (Wildman–Crippen LogP) is -0.422. The normalized spacial score (nSPS) is 11.9. The zero-order chi connectivity index (χ0) is 12.6. The lowest BCUT2D eigenvalue weighted by atomic mass is 10.1. The van der Waals surface area contributed by atoms with Crippen molar-refractivity contribution in [3.05, 3.63) is 0 Å². The topological polar surface area (TPSA) is 72.8 Å². The van der Waals surface area contributed by atoms with Gasteiger partial charge in [0.2, 0.25) is 5.91 Å². The third kappa shape index (κ3) is 8.64. The standard InChI is InChI=1S/C11H24N2O3/c1-11(2,3)12-10(16)9-13(6-8-15)5-4-7-14/h14-15H,4-9H2,1-3H3,(H,12,16).